The third-order valence-corrected chi connectivity index (χ3v) is 5.83. The highest BCUT2D eigenvalue weighted by Crippen LogP contribution is 2.33. The molecule has 1 fully saturated rings. The van der Waals surface area contributed by atoms with Crippen molar-refractivity contribution in [2.75, 3.05) is 19.7 Å². The lowest BCUT2D eigenvalue weighted by molar-refractivity contribution is 0.0625. The Morgan fingerprint density at radius 3 is 3.15 bits per heavy atom. The highest BCUT2D eigenvalue weighted by Gasteiger charge is 2.27. The van der Waals surface area contributed by atoms with Gasteiger partial charge in [-0.15, -0.1) is 11.3 Å². The van der Waals surface area contributed by atoms with Gasteiger partial charge >= 0.3 is 0 Å². The van der Waals surface area contributed by atoms with Crippen LogP contribution in [0.2, 0.25) is 0 Å². The molecule has 1 aromatic rings. The Kier molecular flexibility index (Phi) is 4.13. The first-order valence-electron chi connectivity index (χ1n) is 7.69. The van der Waals surface area contributed by atoms with Gasteiger partial charge in [-0.05, 0) is 55.6 Å². The van der Waals surface area contributed by atoms with Crippen molar-refractivity contribution in [3.05, 3.63) is 21.4 Å². The number of thiophene rings is 1. The lowest BCUT2D eigenvalue weighted by Gasteiger charge is -2.31. The first-order valence-corrected chi connectivity index (χ1v) is 8.50. The van der Waals surface area contributed by atoms with Crippen LogP contribution in [0.3, 0.4) is 0 Å². The Balaban J connectivity index is 1.74. The van der Waals surface area contributed by atoms with E-state index in [1.54, 1.807) is 11.3 Å². The zero-order valence-electron chi connectivity index (χ0n) is 12.1. The molecule has 0 radical (unpaired) electrons. The normalized spacial score (nSPS) is 26.4. The lowest BCUT2D eigenvalue weighted by atomic mass is 9.90. The average Bonchev–Trinajstić information content (AvgIpc) is 2.89. The highest BCUT2D eigenvalue weighted by atomic mass is 32.1. The van der Waals surface area contributed by atoms with Crippen LogP contribution >= 0.6 is 11.3 Å². The van der Waals surface area contributed by atoms with E-state index in [0.29, 0.717) is 6.54 Å². The molecule has 1 aliphatic carbocycles. The van der Waals surface area contributed by atoms with Crippen LogP contribution in [0, 0.1) is 11.8 Å². The Hall–Kier alpha value is -0.870. The lowest BCUT2D eigenvalue weighted by Crippen LogP contribution is -2.40. The molecular formula is C16H23NO2S. The molecule has 2 aliphatic rings. The predicted molar refractivity (Wildman–Crippen MR) is 81.2 cm³/mol. The van der Waals surface area contributed by atoms with Gasteiger partial charge < -0.3 is 10.0 Å². The molecule has 2 atom stereocenters. The zero-order valence-corrected chi connectivity index (χ0v) is 12.9. The number of likely N-dealkylation sites (tertiary alicyclic amines) is 1. The number of aliphatic hydroxyl groups is 1. The van der Waals surface area contributed by atoms with E-state index >= 15 is 0 Å². The quantitative estimate of drug-likeness (QED) is 0.911. The third-order valence-electron chi connectivity index (χ3n) is 4.60. The summed E-state index contributed by atoms with van der Waals surface area (Å²) in [4.78, 5) is 16.9. The number of nitrogens with zero attached hydrogens (tertiary/aromatic N) is 1. The maximum atomic E-state index is 12.6. The van der Waals surface area contributed by atoms with Crippen LogP contribution in [0.5, 0.6) is 0 Å². The summed E-state index contributed by atoms with van der Waals surface area (Å²) in [6.45, 7) is 4.05. The number of aryl methyl sites for hydroxylation is 1. The van der Waals surface area contributed by atoms with E-state index in [9.17, 15) is 9.90 Å². The second kappa shape index (κ2) is 5.86. The maximum absolute atomic E-state index is 12.6. The maximum Gasteiger partial charge on any atom is 0.263 e. The first kappa shape index (κ1) is 14.1. The van der Waals surface area contributed by atoms with E-state index < -0.39 is 0 Å². The van der Waals surface area contributed by atoms with Crippen molar-refractivity contribution in [2.45, 2.75) is 39.0 Å². The van der Waals surface area contributed by atoms with Crippen LogP contribution < -0.4 is 0 Å². The first-order chi connectivity index (χ1) is 9.67. The molecule has 110 valence electrons. The van der Waals surface area contributed by atoms with Gasteiger partial charge in [-0.25, -0.2) is 0 Å². The minimum atomic E-state index is 0.176. The van der Waals surface area contributed by atoms with Gasteiger partial charge in [0.1, 0.15) is 0 Å². The number of hydrogen-bond donors (Lipinski definition) is 1. The summed E-state index contributed by atoms with van der Waals surface area (Å²) in [6.07, 6.45) is 5.56. The van der Waals surface area contributed by atoms with E-state index in [0.717, 1.165) is 43.0 Å². The molecule has 1 aromatic heterocycles. The molecule has 0 saturated carbocycles. The standard InChI is InChI=1S/C16H23NO2S/c1-11-4-5-14-13(7-11)8-15(20-14)16(19)17-6-2-3-12(9-17)10-18/h8,11-12,18H,2-7,9-10H2,1H3. The van der Waals surface area contributed by atoms with Crippen LogP contribution in [-0.4, -0.2) is 35.6 Å². The molecule has 1 amide bonds. The summed E-state index contributed by atoms with van der Waals surface area (Å²) in [5, 5.41) is 9.29. The zero-order chi connectivity index (χ0) is 14.1. The summed E-state index contributed by atoms with van der Waals surface area (Å²) >= 11 is 1.69. The van der Waals surface area contributed by atoms with Gasteiger partial charge in [0.15, 0.2) is 0 Å². The molecule has 1 N–H and O–H groups in total. The van der Waals surface area contributed by atoms with Gasteiger partial charge in [-0.1, -0.05) is 6.92 Å². The molecule has 1 saturated heterocycles. The topological polar surface area (TPSA) is 40.5 Å². The van der Waals surface area contributed by atoms with Gasteiger partial charge in [-0.2, -0.15) is 0 Å². The molecule has 2 heterocycles. The van der Waals surface area contributed by atoms with E-state index in [1.165, 1.54) is 16.9 Å². The van der Waals surface area contributed by atoms with Crippen molar-refractivity contribution in [2.24, 2.45) is 11.8 Å². The minimum absolute atomic E-state index is 0.176. The summed E-state index contributed by atoms with van der Waals surface area (Å²) in [5.41, 5.74) is 1.40. The number of fused-ring (bicyclic) bond motifs is 1. The smallest absolute Gasteiger partial charge is 0.263 e. The largest absolute Gasteiger partial charge is 0.396 e. The summed E-state index contributed by atoms with van der Waals surface area (Å²) in [7, 11) is 0. The van der Waals surface area contributed by atoms with E-state index in [2.05, 4.69) is 13.0 Å². The number of piperidine rings is 1. The van der Waals surface area contributed by atoms with E-state index in [-0.39, 0.29) is 18.4 Å². The van der Waals surface area contributed by atoms with E-state index in [4.69, 9.17) is 0 Å². The SMILES string of the molecule is CC1CCc2sc(C(=O)N3CCCC(CO)C3)cc2C1. The van der Waals surface area contributed by atoms with Crippen molar-refractivity contribution in [3.63, 3.8) is 0 Å². The monoisotopic (exact) mass is 293 g/mol. The molecule has 3 rings (SSSR count). The molecule has 20 heavy (non-hydrogen) atoms. The van der Waals surface area contributed by atoms with Gasteiger partial charge in [0.25, 0.3) is 5.91 Å². The van der Waals surface area contributed by atoms with E-state index in [1.807, 2.05) is 4.90 Å². The third kappa shape index (κ3) is 2.77. The molecular weight excluding hydrogens is 270 g/mol. The van der Waals surface area contributed by atoms with Crippen LogP contribution in [-0.2, 0) is 12.8 Å². The summed E-state index contributed by atoms with van der Waals surface area (Å²) < 4.78 is 0. The number of rotatable bonds is 2. The minimum Gasteiger partial charge on any atom is -0.396 e. The van der Waals surface area contributed by atoms with Crippen LogP contribution in [0.4, 0.5) is 0 Å². The number of amides is 1. The fourth-order valence-electron chi connectivity index (χ4n) is 3.37. The van der Waals surface area contributed by atoms with Crippen molar-refractivity contribution in [1.29, 1.82) is 0 Å². The number of carbonyl (C=O) groups is 1. The highest BCUT2D eigenvalue weighted by molar-refractivity contribution is 7.14. The van der Waals surface area contributed by atoms with Gasteiger partial charge in [0.05, 0.1) is 4.88 Å². The van der Waals surface area contributed by atoms with Crippen molar-refractivity contribution in [3.8, 4) is 0 Å². The Morgan fingerprint density at radius 1 is 1.50 bits per heavy atom. The molecule has 2 unspecified atom stereocenters. The molecule has 0 spiro atoms. The Morgan fingerprint density at radius 2 is 2.35 bits per heavy atom. The van der Waals surface area contributed by atoms with Crippen LogP contribution in [0.25, 0.3) is 0 Å². The van der Waals surface area contributed by atoms with Crippen molar-refractivity contribution >= 4 is 17.2 Å². The van der Waals surface area contributed by atoms with Crippen molar-refractivity contribution < 1.29 is 9.90 Å². The second-order valence-electron chi connectivity index (χ2n) is 6.35. The second-order valence-corrected chi connectivity index (χ2v) is 7.49. The Labute approximate surface area is 124 Å². The predicted octanol–water partition coefficient (Wildman–Crippen LogP) is 2.72. The average molecular weight is 293 g/mol. The molecule has 3 nitrogen and oxygen atoms in total. The molecule has 1 aliphatic heterocycles. The molecule has 4 heteroatoms. The fraction of sp³-hybridized carbons (Fsp3) is 0.688. The molecule has 0 aromatic carbocycles. The summed E-state index contributed by atoms with van der Waals surface area (Å²) in [6, 6.07) is 2.13. The van der Waals surface area contributed by atoms with Gasteiger partial charge in [0.2, 0.25) is 0 Å². The van der Waals surface area contributed by atoms with Crippen LogP contribution in [0.15, 0.2) is 6.07 Å². The van der Waals surface area contributed by atoms with Gasteiger partial charge in [0, 0.05) is 24.6 Å². The van der Waals surface area contributed by atoms with Gasteiger partial charge in [-0.3, -0.25) is 4.79 Å². The Bertz CT molecular complexity index is 497. The fourth-order valence-corrected chi connectivity index (χ4v) is 4.54. The van der Waals surface area contributed by atoms with Crippen LogP contribution in [0.1, 0.15) is 46.3 Å². The number of hydrogen-bond acceptors (Lipinski definition) is 3. The number of aliphatic hydroxyl groups excluding tert-OH is 1. The molecule has 0 bridgehead atoms. The summed E-state index contributed by atoms with van der Waals surface area (Å²) in [5.74, 6) is 1.19. The number of carbonyl (C=O) groups excluding carboxylic acids is 1. The van der Waals surface area contributed by atoms with Crippen molar-refractivity contribution in [1.82, 2.24) is 4.90 Å².